The number of nitrogens with zero attached hydrogens (tertiary/aromatic N) is 1. The molecule has 1 unspecified atom stereocenters. The Hall–Kier alpha value is -1.51. The summed E-state index contributed by atoms with van der Waals surface area (Å²) in [6.45, 7) is 3.68. The molecule has 134 valence electrons. The standard InChI is InChI=1S/C17H20BrN3O3S/c1-10(21-5-7-25-8-6-21)16(22)20-14-12-9-11(18)3-4-13(12)19-15(14)17(23)24-2/h3-4,9-10,19H,5-8H2,1-2H3,(H,20,22). The molecule has 1 atom stereocenters. The Morgan fingerprint density at radius 3 is 2.76 bits per heavy atom. The lowest BCUT2D eigenvalue weighted by atomic mass is 10.2. The van der Waals surface area contributed by atoms with Gasteiger partial charge < -0.3 is 15.0 Å². The van der Waals surface area contributed by atoms with Gasteiger partial charge >= 0.3 is 5.97 Å². The average molecular weight is 426 g/mol. The number of ether oxygens (including phenoxy) is 1. The van der Waals surface area contributed by atoms with Crippen LogP contribution in [0.5, 0.6) is 0 Å². The Bertz CT molecular complexity index is 802. The quantitative estimate of drug-likeness (QED) is 0.736. The maximum Gasteiger partial charge on any atom is 0.356 e. The third-order valence-corrected chi connectivity index (χ3v) is 5.81. The third-order valence-electron chi connectivity index (χ3n) is 4.37. The normalized spacial score (nSPS) is 16.6. The van der Waals surface area contributed by atoms with Crippen LogP contribution in [-0.4, -0.2) is 59.5 Å². The first-order valence-electron chi connectivity index (χ1n) is 8.03. The van der Waals surface area contributed by atoms with Gasteiger partial charge in [-0.3, -0.25) is 9.69 Å². The molecule has 1 aromatic carbocycles. The third kappa shape index (κ3) is 3.86. The van der Waals surface area contributed by atoms with Gasteiger partial charge in [-0.1, -0.05) is 15.9 Å². The van der Waals surface area contributed by atoms with Crippen LogP contribution in [-0.2, 0) is 9.53 Å². The Balaban J connectivity index is 1.91. The molecule has 1 aliphatic heterocycles. The topological polar surface area (TPSA) is 74.4 Å². The van der Waals surface area contributed by atoms with E-state index in [4.69, 9.17) is 4.74 Å². The maximum absolute atomic E-state index is 12.8. The van der Waals surface area contributed by atoms with Gasteiger partial charge in [0.15, 0.2) is 0 Å². The number of nitrogens with one attached hydrogen (secondary N) is 2. The van der Waals surface area contributed by atoms with Crippen LogP contribution in [0.1, 0.15) is 17.4 Å². The minimum Gasteiger partial charge on any atom is -0.464 e. The zero-order valence-corrected chi connectivity index (χ0v) is 16.5. The number of amides is 1. The smallest absolute Gasteiger partial charge is 0.356 e. The molecule has 3 rings (SSSR count). The molecule has 0 spiro atoms. The number of aromatic nitrogens is 1. The summed E-state index contributed by atoms with van der Waals surface area (Å²) in [4.78, 5) is 30.1. The van der Waals surface area contributed by atoms with Crippen LogP contribution < -0.4 is 5.32 Å². The first kappa shape index (κ1) is 18.3. The molecule has 2 N–H and O–H groups in total. The molecule has 1 aliphatic rings. The van der Waals surface area contributed by atoms with Gasteiger partial charge in [0, 0.05) is 40.0 Å². The van der Waals surface area contributed by atoms with Crippen LogP contribution in [0, 0.1) is 0 Å². The monoisotopic (exact) mass is 425 g/mol. The van der Waals surface area contributed by atoms with Crippen LogP contribution in [0.15, 0.2) is 22.7 Å². The lowest BCUT2D eigenvalue weighted by molar-refractivity contribution is -0.120. The summed E-state index contributed by atoms with van der Waals surface area (Å²) in [6.07, 6.45) is 0. The Labute approximate surface area is 158 Å². The van der Waals surface area contributed by atoms with Crippen molar-refractivity contribution >= 4 is 56.2 Å². The summed E-state index contributed by atoms with van der Waals surface area (Å²) in [7, 11) is 1.32. The van der Waals surface area contributed by atoms with E-state index in [-0.39, 0.29) is 17.6 Å². The SMILES string of the molecule is COC(=O)c1[nH]c2ccc(Br)cc2c1NC(=O)C(C)N1CCSCC1. The Kier molecular flexibility index (Phi) is 5.71. The number of benzene rings is 1. The number of thioether (sulfide) groups is 1. The van der Waals surface area contributed by atoms with Gasteiger partial charge in [0.05, 0.1) is 18.8 Å². The molecule has 8 heteroatoms. The van der Waals surface area contributed by atoms with E-state index in [1.807, 2.05) is 36.9 Å². The van der Waals surface area contributed by atoms with Crippen molar-refractivity contribution in [1.29, 1.82) is 0 Å². The molecular weight excluding hydrogens is 406 g/mol. The molecule has 2 aromatic rings. The number of carbonyl (C=O) groups excluding carboxylic acids is 2. The zero-order valence-electron chi connectivity index (χ0n) is 14.1. The second kappa shape index (κ2) is 7.80. The molecule has 0 bridgehead atoms. The summed E-state index contributed by atoms with van der Waals surface area (Å²) in [5, 5.41) is 3.70. The van der Waals surface area contributed by atoms with E-state index in [1.54, 1.807) is 0 Å². The Morgan fingerprint density at radius 1 is 1.36 bits per heavy atom. The highest BCUT2D eigenvalue weighted by molar-refractivity contribution is 9.10. The van der Waals surface area contributed by atoms with E-state index in [0.29, 0.717) is 5.69 Å². The molecule has 1 amide bonds. The van der Waals surface area contributed by atoms with Crippen LogP contribution >= 0.6 is 27.7 Å². The number of halogens is 1. The van der Waals surface area contributed by atoms with Crippen LogP contribution in [0.3, 0.4) is 0 Å². The minimum atomic E-state index is -0.510. The predicted molar refractivity (Wildman–Crippen MR) is 104 cm³/mol. The van der Waals surface area contributed by atoms with Crippen molar-refractivity contribution in [2.45, 2.75) is 13.0 Å². The highest BCUT2D eigenvalue weighted by atomic mass is 79.9. The van der Waals surface area contributed by atoms with Crippen molar-refractivity contribution in [3.05, 3.63) is 28.4 Å². The maximum atomic E-state index is 12.8. The van der Waals surface area contributed by atoms with Crippen LogP contribution in [0.4, 0.5) is 5.69 Å². The number of carbonyl (C=O) groups is 2. The van der Waals surface area contributed by atoms with Crippen molar-refractivity contribution in [1.82, 2.24) is 9.88 Å². The van der Waals surface area contributed by atoms with E-state index in [2.05, 4.69) is 31.1 Å². The molecule has 1 fully saturated rings. The summed E-state index contributed by atoms with van der Waals surface area (Å²) in [5.74, 6) is 1.43. The van der Waals surface area contributed by atoms with Crippen molar-refractivity contribution in [2.24, 2.45) is 0 Å². The van der Waals surface area contributed by atoms with Gasteiger partial charge in [0.1, 0.15) is 5.69 Å². The second-order valence-electron chi connectivity index (χ2n) is 5.87. The van der Waals surface area contributed by atoms with Gasteiger partial charge in [-0.2, -0.15) is 11.8 Å². The summed E-state index contributed by atoms with van der Waals surface area (Å²) in [6, 6.07) is 5.34. The van der Waals surface area contributed by atoms with Gasteiger partial charge in [0.25, 0.3) is 0 Å². The number of fused-ring (bicyclic) bond motifs is 1. The van der Waals surface area contributed by atoms with E-state index in [0.717, 1.165) is 40.0 Å². The zero-order chi connectivity index (χ0) is 18.0. The van der Waals surface area contributed by atoms with E-state index in [9.17, 15) is 9.59 Å². The van der Waals surface area contributed by atoms with Crippen molar-refractivity contribution in [3.8, 4) is 0 Å². The number of anilines is 1. The number of methoxy groups -OCH3 is 1. The molecule has 0 saturated carbocycles. The predicted octanol–water partition coefficient (Wildman–Crippen LogP) is 3.09. The molecule has 0 radical (unpaired) electrons. The van der Waals surface area contributed by atoms with Gasteiger partial charge in [-0.15, -0.1) is 0 Å². The van der Waals surface area contributed by atoms with Crippen molar-refractivity contribution < 1.29 is 14.3 Å². The molecule has 25 heavy (non-hydrogen) atoms. The number of H-pyrrole nitrogens is 1. The van der Waals surface area contributed by atoms with Crippen LogP contribution in [0.2, 0.25) is 0 Å². The molecule has 1 aromatic heterocycles. The van der Waals surface area contributed by atoms with E-state index >= 15 is 0 Å². The largest absolute Gasteiger partial charge is 0.464 e. The van der Waals surface area contributed by atoms with Crippen molar-refractivity contribution in [3.63, 3.8) is 0 Å². The van der Waals surface area contributed by atoms with E-state index < -0.39 is 5.97 Å². The first-order chi connectivity index (χ1) is 12.0. The number of hydrogen-bond acceptors (Lipinski definition) is 5. The molecule has 2 heterocycles. The summed E-state index contributed by atoms with van der Waals surface area (Å²) in [5.41, 5.74) is 1.48. The minimum absolute atomic E-state index is 0.127. The lowest BCUT2D eigenvalue weighted by Gasteiger charge is -2.31. The van der Waals surface area contributed by atoms with Gasteiger partial charge in [0.2, 0.25) is 5.91 Å². The fraction of sp³-hybridized carbons (Fsp3) is 0.412. The van der Waals surface area contributed by atoms with Crippen LogP contribution in [0.25, 0.3) is 10.9 Å². The van der Waals surface area contributed by atoms with E-state index in [1.165, 1.54) is 7.11 Å². The molecular formula is C17H20BrN3O3S. The van der Waals surface area contributed by atoms with Gasteiger partial charge in [-0.05, 0) is 25.1 Å². The number of esters is 1. The van der Waals surface area contributed by atoms with Gasteiger partial charge in [-0.25, -0.2) is 4.79 Å². The second-order valence-corrected chi connectivity index (χ2v) is 8.01. The Morgan fingerprint density at radius 2 is 2.08 bits per heavy atom. The fourth-order valence-electron chi connectivity index (χ4n) is 2.91. The summed E-state index contributed by atoms with van der Waals surface area (Å²) < 4.78 is 5.72. The molecule has 1 saturated heterocycles. The first-order valence-corrected chi connectivity index (χ1v) is 9.98. The fourth-order valence-corrected chi connectivity index (χ4v) is 4.20. The number of hydrogen-bond donors (Lipinski definition) is 2. The van der Waals surface area contributed by atoms with Crippen molar-refractivity contribution in [2.75, 3.05) is 37.0 Å². The average Bonchev–Trinajstić information content (AvgIpc) is 2.98. The number of aromatic amines is 1. The highest BCUT2D eigenvalue weighted by Crippen LogP contribution is 2.31. The lowest BCUT2D eigenvalue weighted by Crippen LogP contribution is -2.46. The summed E-state index contributed by atoms with van der Waals surface area (Å²) >= 11 is 5.34. The molecule has 0 aliphatic carbocycles. The highest BCUT2D eigenvalue weighted by Gasteiger charge is 2.26. The molecule has 6 nitrogen and oxygen atoms in total. The number of rotatable bonds is 4.